The Morgan fingerprint density at radius 3 is 1.77 bits per heavy atom. The van der Waals surface area contributed by atoms with Crippen molar-refractivity contribution in [1.82, 2.24) is 14.4 Å². The van der Waals surface area contributed by atoms with Gasteiger partial charge in [0, 0.05) is 33.6 Å². The second-order valence-electron chi connectivity index (χ2n) is 11.1. The van der Waals surface area contributed by atoms with Crippen molar-refractivity contribution in [3.63, 3.8) is 0 Å². The third-order valence-corrected chi connectivity index (χ3v) is 8.56. The molecule has 0 aliphatic rings. The maximum absolute atomic E-state index is 5.19. The Morgan fingerprint density at radius 1 is 0.477 bits per heavy atom. The lowest BCUT2D eigenvalue weighted by atomic mass is 10.0. The molecule has 44 heavy (non-hydrogen) atoms. The zero-order valence-corrected chi connectivity index (χ0v) is 23.8. The molecule has 206 valence electrons. The van der Waals surface area contributed by atoms with Gasteiger partial charge < -0.3 is 4.90 Å². The second kappa shape index (κ2) is 9.79. The molecule has 0 N–H and O–H groups in total. The fourth-order valence-corrected chi connectivity index (χ4v) is 6.54. The zero-order chi connectivity index (χ0) is 29.0. The fourth-order valence-electron chi connectivity index (χ4n) is 6.54. The van der Waals surface area contributed by atoms with Gasteiger partial charge in [-0.2, -0.15) is 0 Å². The van der Waals surface area contributed by atoms with E-state index >= 15 is 0 Å². The highest BCUT2D eigenvalue weighted by Crippen LogP contribution is 2.42. The van der Waals surface area contributed by atoms with Crippen LogP contribution in [0.3, 0.4) is 0 Å². The van der Waals surface area contributed by atoms with Crippen molar-refractivity contribution in [3.05, 3.63) is 158 Å². The van der Waals surface area contributed by atoms with Crippen LogP contribution in [0.2, 0.25) is 0 Å². The number of benzene rings is 6. The van der Waals surface area contributed by atoms with Crippen LogP contribution in [0.5, 0.6) is 0 Å². The lowest BCUT2D eigenvalue weighted by Crippen LogP contribution is -2.11. The molecule has 4 nitrogen and oxygen atoms in total. The molecule has 3 heterocycles. The lowest BCUT2D eigenvalue weighted by Gasteiger charge is -2.28. The molecule has 0 bridgehead atoms. The summed E-state index contributed by atoms with van der Waals surface area (Å²) >= 11 is 0. The van der Waals surface area contributed by atoms with Crippen molar-refractivity contribution >= 4 is 66.2 Å². The molecule has 4 heteroatoms. The van der Waals surface area contributed by atoms with E-state index < -0.39 is 0 Å². The monoisotopic (exact) mass is 562 g/mol. The minimum Gasteiger partial charge on any atom is -0.309 e. The van der Waals surface area contributed by atoms with Crippen molar-refractivity contribution in [1.29, 1.82) is 0 Å². The van der Waals surface area contributed by atoms with E-state index in [0.717, 1.165) is 55.9 Å². The molecule has 0 aliphatic carbocycles. The van der Waals surface area contributed by atoms with Gasteiger partial charge in [0.15, 0.2) is 0 Å². The average Bonchev–Trinajstić information content (AvgIpc) is 3.49. The van der Waals surface area contributed by atoms with E-state index in [9.17, 15) is 0 Å². The highest BCUT2D eigenvalue weighted by Gasteiger charge is 2.19. The molecule has 9 aromatic rings. The van der Waals surface area contributed by atoms with Gasteiger partial charge in [-0.3, -0.25) is 4.40 Å². The summed E-state index contributed by atoms with van der Waals surface area (Å²) in [6, 6.07) is 53.5. The highest BCUT2D eigenvalue weighted by atomic mass is 15.1. The van der Waals surface area contributed by atoms with Gasteiger partial charge in [0.1, 0.15) is 11.2 Å². The number of hydrogen-bond acceptors (Lipinski definition) is 3. The average molecular weight is 563 g/mol. The molecule has 3 aromatic heterocycles. The SMILES string of the molecule is c1ccc2c(N(c3ccc(-c4nc5ccccc5c5nc6ccccn6c45)cc3)c3cccc4ccccc34)cccc2c1. The van der Waals surface area contributed by atoms with E-state index in [4.69, 9.17) is 9.97 Å². The van der Waals surface area contributed by atoms with Gasteiger partial charge >= 0.3 is 0 Å². The summed E-state index contributed by atoms with van der Waals surface area (Å²) in [6.07, 6.45) is 2.07. The molecule has 0 amide bonds. The Hall–Kier alpha value is -6.00. The summed E-state index contributed by atoms with van der Waals surface area (Å²) in [5, 5.41) is 5.89. The highest BCUT2D eigenvalue weighted by molar-refractivity contribution is 6.09. The number of aromatic nitrogens is 3. The Bertz CT molecular complexity index is 2420. The molecule has 0 atom stereocenters. The summed E-state index contributed by atoms with van der Waals surface area (Å²) in [7, 11) is 0. The molecular formula is C40H26N4. The van der Waals surface area contributed by atoms with Crippen LogP contribution in [0.4, 0.5) is 17.1 Å². The third-order valence-electron chi connectivity index (χ3n) is 8.56. The summed E-state index contributed by atoms with van der Waals surface area (Å²) in [5.41, 5.74) is 9.17. The van der Waals surface area contributed by atoms with E-state index in [2.05, 4.69) is 143 Å². The fraction of sp³-hybridized carbons (Fsp3) is 0. The molecule has 0 unspecified atom stereocenters. The van der Waals surface area contributed by atoms with E-state index in [1.807, 2.05) is 24.3 Å². The van der Waals surface area contributed by atoms with Gasteiger partial charge in [0.05, 0.1) is 28.1 Å². The number of anilines is 3. The summed E-state index contributed by atoms with van der Waals surface area (Å²) < 4.78 is 2.15. The number of rotatable bonds is 4. The Balaban J connectivity index is 1.28. The third kappa shape index (κ3) is 3.78. The standard InChI is InChI=1S/C40H26N4/c1-3-15-31-27(11-1)13-9-19-35(31)44(36-20-10-14-28-12-2-4-16-32(28)36)30-24-22-29(23-25-30)38-40-39(33-17-5-6-18-34(33)41-38)42-37-21-7-8-26-43(37)40/h1-26H. The van der Waals surface area contributed by atoms with Crippen LogP contribution in [0.25, 0.3) is 60.4 Å². The van der Waals surface area contributed by atoms with Crippen molar-refractivity contribution in [3.8, 4) is 11.3 Å². The van der Waals surface area contributed by atoms with Crippen LogP contribution in [0, 0.1) is 0 Å². The van der Waals surface area contributed by atoms with E-state index in [1.54, 1.807) is 0 Å². The van der Waals surface area contributed by atoms with Crippen LogP contribution in [0.1, 0.15) is 0 Å². The minimum atomic E-state index is 0.914. The first-order valence-electron chi connectivity index (χ1n) is 14.9. The van der Waals surface area contributed by atoms with Gasteiger partial charge in [-0.25, -0.2) is 9.97 Å². The maximum Gasteiger partial charge on any atom is 0.137 e. The smallest absolute Gasteiger partial charge is 0.137 e. The molecule has 9 rings (SSSR count). The summed E-state index contributed by atoms with van der Waals surface area (Å²) in [4.78, 5) is 12.6. The Morgan fingerprint density at radius 2 is 1.07 bits per heavy atom. The van der Waals surface area contributed by atoms with Crippen LogP contribution in [-0.2, 0) is 0 Å². The summed E-state index contributed by atoms with van der Waals surface area (Å²) in [6.45, 7) is 0. The molecular weight excluding hydrogens is 536 g/mol. The van der Waals surface area contributed by atoms with Gasteiger partial charge in [-0.05, 0) is 53.2 Å². The molecule has 6 aromatic carbocycles. The predicted molar refractivity (Wildman–Crippen MR) is 183 cm³/mol. The zero-order valence-electron chi connectivity index (χ0n) is 23.8. The molecule has 0 fully saturated rings. The maximum atomic E-state index is 5.19. The van der Waals surface area contributed by atoms with Crippen LogP contribution in [0.15, 0.2) is 158 Å². The number of fused-ring (bicyclic) bond motifs is 7. The van der Waals surface area contributed by atoms with Crippen LogP contribution in [-0.4, -0.2) is 14.4 Å². The number of imidazole rings is 1. The Labute approximate surface area is 254 Å². The van der Waals surface area contributed by atoms with Crippen molar-refractivity contribution in [2.75, 3.05) is 4.90 Å². The van der Waals surface area contributed by atoms with E-state index in [1.165, 1.54) is 21.5 Å². The number of hydrogen-bond donors (Lipinski definition) is 0. The lowest BCUT2D eigenvalue weighted by molar-refractivity contribution is 1.22. The first-order valence-corrected chi connectivity index (χ1v) is 14.9. The van der Waals surface area contributed by atoms with Gasteiger partial charge in [-0.1, -0.05) is 109 Å². The topological polar surface area (TPSA) is 33.4 Å². The number of pyridine rings is 2. The molecule has 0 saturated carbocycles. The molecule has 0 radical (unpaired) electrons. The number of para-hydroxylation sites is 1. The molecule has 0 aliphatic heterocycles. The van der Waals surface area contributed by atoms with Gasteiger partial charge in [0.25, 0.3) is 0 Å². The van der Waals surface area contributed by atoms with Crippen molar-refractivity contribution in [2.45, 2.75) is 0 Å². The van der Waals surface area contributed by atoms with Crippen LogP contribution < -0.4 is 4.90 Å². The Kier molecular flexibility index (Phi) is 5.47. The number of nitrogens with zero attached hydrogens (tertiary/aromatic N) is 4. The second-order valence-corrected chi connectivity index (χ2v) is 11.1. The minimum absolute atomic E-state index is 0.914. The van der Waals surface area contributed by atoms with Gasteiger partial charge in [-0.15, -0.1) is 0 Å². The molecule has 0 saturated heterocycles. The summed E-state index contributed by atoms with van der Waals surface area (Å²) in [5.74, 6) is 0. The quantitative estimate of drug-likeness (QED) is 0.214. The van der Waals surface area contributed by atoms with E-state index in [0.29, 0.717) is 0 Å². The van der Waals surface area contributed by atoms with Crippen LogP contribution >= 0.6 is 0 Å². The molecule has 0 spiro atoms. The van der Waals surface area contributed by atoms with E-state index in [-0.39, 0.29) is 0 Å². The predicted octanol–water partition coefficient (Wildman–Crippen LogP) is 10.5. The van der Waals surface area contributed by atoms with Crippen molar-refractivity contribution < 1.29 is 0 Å². The largest absolute Gasteiger partial charge is 0.309 e. The normalized spacial score (nSPS) is 11.6. The first-order chi connectivity index (χ1) is 21.8. The van der Waals surface area contributed by atoms with Crippen molar-refractivity contribution in [2.24, 2.45) is 0 Å². The van der Waals surface area contributed by atoms with Gasteiger partial charge in [0.2, 0.25) is 0 Å². The first kappa shape index (κ1) is 24.6.